The molecule has 2 fully saturated rings. The van der Waals surface area contributed by atoms with E-state index in [4.69, 9.17) is 9.47 Å². The average molecular weight is 284 g/mol. The van der Waals surface area contributed by atoms with Crippen molar-refractivity contribution in [3.05, 3.63) is 0 Å². The van der Waals surface area contributed by atoms with Gasteiger partial charge in [-0.3, -0.25) is 10.1 Å². The fourth-order valence-corrected chi connectivity index (χ4v) is 2.89. The van der Waals surface area contributed by atoms with Gasteiger partial charge in [0.05, 0.1) is 13.2 Å². The first-order valence-electron chi connectivity index (χ1n) is 7.68. The summed E-state index contributed by atoms with van der Waals surface area (Å²) in [5, 5.41) is 3.45. The highest BCUT2D eigenvalue weighted by Gasteiger charge is 2.39. The largest absolute Gasteiger partial charge is 0.468 e. The Hall–Kier alpha value is -0.650. The minimum absolute atomic E-state index is 0.142. The quantitative estimate of drug-likeness (QED) is 0.711. The first-order chi connectivity index (χ1) is 9.57. The number of carbonyl (C=O) groups excluding carboxylic acids is 1. The summed E-state index contributed by atoms with van der Waals surface area (Å²) in [6.07, 6.45) is 5.72. The van der Waals surface area contributed by atoms with Crippen LogP contribution in [0.25, 0.3) is 0 Å². The van der Waals surface area contributed by atoms with E-state index in [-0.39, 0.29) is 5.97 Å². The minimum Gasteiger partial charge on any atom is -0.468 e. The summed E-state index contributed by atoms with van der Waals surface area (Å²) in [6, 6.07) is 0.498. The van der Waals surface area contributed by atoms with Gasteiger partial charge in [-0.2, -0.15) is 0 Å². The number of piperidine rings is 1. The van der Waals surface area contributed by atoms with Gasteiger partial charge < -0.3 is 14.4 Å². The van der Waals surface area contributed by atoms with Crippen molar-refractivity contribution in [3.63, 3.8) is 0 Å². The van der Waals surface area contributed by atoms with Gasteiger partial charge in [0.15, 0.2) is 0 Å². The van der Waals surface area contributed by atoms with Crippen LogP contribution in [-0.4, -0.2) is 62.4 Å². The number of rotatable bonds is 7. The van der Waals surface area contributed by atoms with Crippen LogP contribution in [0.2, 0.25) is 0 Å². The van der Waals surface area contributed by atoms with Gasteiger partial charge in [-0.25, -0.2) is 0 Å². The highest BCUT2D eigenvalue weighted by Crippen LogP contribution is 2.25. The number of hydrogen-bond acceptors (Lipinski definition) is 5. The van der Waals surface area contributed by atoms with Crippen molar-refractivity contribution in [1.29, 1.82) is 0 Å². The summed E-state index contributed by atoms with van der Waals surface area (Å²) >= 11 is 0. The molecule has 1 heterocycles. The number of esters is 1. The van der Waals surface area contributed by atoms with E-state index in [2.05, 4.69) is 10.2 Å². The molecule has 20 heavy (non-hydrogen) atoms. The molecule has 1 unspecified atom stereocenters. The van der Waals surface area contributed by atoms with E-state index in [1.54, 1.807) is 7.11 Å². The molecule has 1 N–H and O–H groups in total. The minimum atomic E-state index is -0.548. The van der Waals surface area contributed by atoms with Crippen molar-refractivity contribution in [1.82, 2.24) is 10.2 Å². The molecule has 1 aliphatic carbocycles. The summed E-state index contributed by atoms with van der Waals surface area (Å²) in [6.45, 7) is 5.01. The number of carbonyl (C=O) groups is 1. The van der Waals surface area contributed by atoms with Gasteiger partial charge in [-0.15, -0.1) is 0 Å². The molecule has 5 nitrogen and oxygen atoms in total. The molecule has 1 saturated carbocycles. The van der Waals surface area contributed by atoms with Gasteiger partial charge >= 0.3 is 5.97 Å². The van der Waals surface area contributed by atoms with E-state index in [0.29, 0.717) is 12.1 Å². The van der Waals surface area contributed by atoms with Crippen molar-refractivity contribution in [3.8, 4) is 0 Å². The highest BCUT2D eigenvalue weighted by molar-refractivity contribution is 5.80. The Labute approximate surface area is 122 Å². The molecule has 1 atom stereocenters. The summed E-state index contributed by atoms with van der Waals surface area (Å²) in [5.74, 6) is -0.142. The maximum atomic E-state index is 12.0. The summed E-state index contributed by atoms with van der Waals surface area (Å²) < 4.78 is 10.4. The fourth-order valence-electron chi connectivity index (χ4n) is 2.89. The van der Waals surface area contributed by atoms with Crippen molar-refractivity contribution < 1.29 is 14.3 Å². The number of nitrogens with zero attached hydrogens (tertiary/aromatic N) is 1. The van der Waals surface area contributed by atoms with Crippen LogP contribution in [0.1, 0.15) is 39.0 Å². The lowest BCUT2D eigenvalue weighted by molar-refractivity contribution is -0.148. The summed E-state index contributed by atoms with van der Waals surface area (Å²) in [4.78, 5) is 14.5. The van der Waals surface area contributed by atoms with E-state index in [1.807, 2.05) is 6.92 Å². The molecular formula is C15H28N2O3. The molecule has 0 spiro atoms. The van der Waals surface area contributed by atoms with E-state index in [9.17, 15) is 4.79 Å². The van der Waals surface area contributed by atoms with Crippen LogP contribution in [-0.2, 0) is 14.3 Å². The topological polar surface area (TPSA) is 50.8 Å². The van der Waals surface area contributed by atoms with Crippen molar-refractivity contribution in [2.75, 3.05) is 33.9 Å². The molecule has 0 amide bonds. The smallest absolute Gasteiger partial charge is 0.325 e. The fraction of sp³-hybridized carbons (Fsp3) is 0.933. The predicted molar refractivity (Wildman–Crippen MR) is 77.7 cm³/mol. The molecule has 2 aliphatic rings. The lowest BCUT2D eigenvalue weighted by Crippen LogP contribution is -2.53. The molecule has 0 aromatic heterocycles. The molecule has 0 bridgehead atoms. The number of hydrogen-bond donors (Lipinski definition) is 1. The lowest BCUT2D eigenvalue weighted by Gasteiger charge is -2.34. The zero-order valence-electron chi connectivity index (χ0n) is 13.0. The van der Waals surface area contributed by atoms with Crippen molar-refractivity contribution in [2.24, 2.45) is 0 Å². The Kier molecular flexibility index (Phi) is 5.41. The molecule has 1 saturated heterocycles. The summed E-state index contributed by atoms with van der Waals surface area (Å²) in [5.41, 5.74) is -0.548. The zero-order chi connectivity index (χ0) is 14.6. The van der Waals surface area contributed by atoms with Gasteiger partial charge in [0, 0.05) is 32.8 Å². The third kappa shape index (κ3) is 4.17. The van der Waals surface area contributed by atoms with E-state index < -0.39 is 5.54 Å². The second-order valence-electron chi connectivity index (χ2n) is 6.27. The third-order valence-electron chi connectivity index (χ3n) is 4.53. The number of likely N-dealkylation sites (tertiary alicyclic amines) is 1. The van der Waals surface area contributed by atoms with E-state index in [0.717, 1.165) is 38.9 Å². The monoisotopic (exact) mass is 284 g/mol. The maximum Gasteiger partial charge on any atom is 0.325 e. The Morgan fingerprint density at radius 3 is 2.40 bits per heavy atom. The first kappa shape index (κ1) is 15.7. The SMILES string of the molecule is COC(=O)C(C)(CCN1CCC(OC)CC1)NC1CC1. The second-order valence-corrected chi connectivity index (χ2v) is 6.27. The highest BCUT2D eigenvalue weighted by atomic mass is 16.5. The average Bonchev–Trinajstić information content (AvgIpc) is 3.28. The Morgan fingerprint density at radius 2 is 1.90 bits per heavy atom. The second kappa shape index (κ2) is 6.87. The van der Waals surface area contributed by atoms with Gasteiger partial charge in [-0.05, 0) is 39.0 Å². The predicted octanol–water partition coefficient (Wildman–Crippen LogP) is 1.17. The lowest BCUT2D eigenvalue weighted by atomic mass is 9.96. The molecule has 1 aliphatic heterocycles. The maximum absolute atomic E-state index is 12.0. The van der Waals surface area contributed by atoms with Crippen LogP contribution in [0.15, 0.2) is 0 Å². The van der Waals surface area contributed by atoms with E-state index >= 15 is 0 Å². The standard InChI is InChI=1S/C15H28N2O3/c1-15(14(18)20-3,16-12-4-5-12)8-11-17-9-6-13(19-2)7-10-17/h12-13,16H,4-11H2,1-3H3. The molecule has 0 aromatic carbocycles. The first-order valence-corrected chi connectivity index (χ1v) is 7.68. The zero-order valence-corrected chi connectivity index (χ0v) is 13.0. The number of methoxy groups -OCH3 is 2. The summed E-state index contributed by atoms with van der Waals surface area (Å²) in [7, 11) is 3.26. The van der Waals surface area contributed by atoms with Crippen LogP contribution in [0.3, 0.4) is 0 Å². The molecule has 2 rings (SSSR count). The van der Waals surface area contributed by atoms with Crippen LogP contribution >= 0.6 is 0 Å². The van der Waals surface area contributed by atoms with Crippen molar-refractivity contribution in [2.45, 2.75) is 56.7 Å². The van der Waals surface area contributed by atoms with Crippen LogP contribution in [0, 0.1) is 0 Å². The number of nitrogens with one attached hydrogen (secondary N) is 1. The van der Waals surface area contributed by atoms with Crippen LogP contribution < -0.4 is 5.32 Å². The van der Waals surface area contributed by atoms with Gasteiger partial charge in [0.1, 0.15) is 5.54 Å². The van der Waals surface area contributed by atoms with Crippen LogP contribution in [0.4, 0.5) is 0 Å². The van der Waals surface area contributed by atoms with Gasteiger partial charge in [0.2, 0.25) is 0 Å². The molecule has 116 valence electrons. The molecular weight excluding hydrogens is 256 g/mol. The normalized spacial score (nSPS) is 24.4. The molecule has 5 heteroatoms. The number of ether oxygens (including phenoxy) is 2. The van der Waals surface area contributed by atoms with Crippen LogP contribution in [0.5, 0.6) is 0 Å². The Morgan fingerprint density at radius 1 is 1.25 bits per heavy atom. The van der Waals surface area contributed by atoms with Gasteiger partial charge in [-0.1, -0.05) is 0 Å². The molecule has 0 radical (unpaired) electrons. The van der Waals surface area contributed by atoms with E-state index in [1.165, 1.54) is 20.0 Å². The molecule has 0 aromatic rings. The third-order valence-corrected chi connectivity index (χ3v) is 4.53. The van der Waals surface area contributed by atoms with Crippen molar-refractivity contribution >= 4 is 5.97 Å². The Balaban J connectivity index is 1.81. The Bertz CT molecular complexity index is 325. The van der Waals surface area contributed by atoms with Gasteiger partial charge in [0.25, 0.3) is 0 Å².